The monoisotopic (exact) mass is 464 g/mol. The van der Waals surface area contributed by atoms with Crippen molar-refractivity contribution in [3.63, 3.8) is 0 Å². The van der Waals surface area contributed by atoms with E-state index in [0.29, 0.717) is 19.4 Å². The summed E-state index contributed by atoms with van der Waals surface area (Å²) in [5.41, 5.74) is 4.71. The maximum atomic E-state index is 12.3. The number of amides is 2. The standard InChI is InChI=1S/C27H32N2O5/c1-17(14-25(30)29-24(15-26(31)32)18-10-11-18)12-13-28-27(33)34-16-23-21-8-4-2-6-19(21)20-7-3-5-9-22(20)23/h2-9,17-18,23-24H,10-16H2,1H3,(H,28,33)(H,29,30)(H,31,32). The lowest BCUT2D eigenvalue weighted by atomic mass is 9.98. The number of carboxylic acids is 1. The Hall–Kier alpha value is -3.35. The molecule has 0 radical (unpaired) electrons. The van der Waals surface area contributed by atoms with Gasteiger partial charge in [0.05, 0.1) is 6.42 Å². The summed E-state index contributed by atoms with van der Waals surface area (Å²) < 4.78 is 5.54. The van der Waals surface area contributed by atoms with Gasteiger partial charge in [-0.1, -0.05) is 55.5 Å². The van der Waals surface area contributed by atoms with Crippen LogP contribution in [0.2, 0.25) is 0 Å². The zero-order valence-electron chi connectivity index (χ0n) is 19.5. The molecule has 7 heteroatoms. The minimum absolute atomic E-state index is 0.0194. The number of alkyl carbamates (subject to hydrolysis) is 1. The smallest absolute Gasteiger partial charge is 0.407 e. The third-order valence-electron chi connectivity index (χ3n) is 6.72. The van der Waals surface area contributed by atoms with Gasteiger partial charge in [0.1, 0.15) is 6.61 Å². The second kappa shape index (κ2) is 10.7. The normalized spacial score (nSPS) is 16.1. The Balaban J connectivity index is 1.18. The molecule has 2 aliphatic rings. The first-order valence-electron chi connectivity index (χ1n) is 12.0. The Labute approximate surface area is 199 Å². The molecule has 2 atom stereocenters. The molecule has 180 valence electrons. The number of carboxylic acid groups (broad SMARTS) is 1. The number of fused-ring (bicyclic) bond motifs is 3. The number of rotatable bonds is 11. The van der Waals surface area contributed by atoms with Gasteiger partial charge in [-0.25, -0.2) is 4.79 Å². The van der Waals surface area contributed by atoms with E-state index in [0.717, 1.165) is 12.8 Å². The number of carbonyl (C=O) groups is 3. The third kappa shape index (κ3) is 5.95. The van der Waals surface area contributed by atoms with Crippen LogP contribution in [0.1, 0.15) is 56.1 Å². The summed E-state index contributed by atoms with van der Waals surface area (Å²) in [4.78, 5) is 35.6. The van der Waals surface area contributed by atoms with Crippen LogP contribution < -0.4 is 10.6 Å². The van der Waals surface area contributed by atoms with Gasteiger partial charge in [0.25, 0.3) is 0 Å². The van der Waals surface area contributed by atoms with Crippen LogP contribution in [0.25, 0.3) is 11.1 Å². The second-order valence-electron chi connectivity index (χ2n) is 9.46. The summed E-state index contributed by atoms with van der Waals surface area (Å²) in [5.74, 6) is -0.667. The predicted octanol–water partition coefficient (Wildman–Crippen LogP) is 4.31. The van der Waals surface area contributed by atoms with E-state index in [2.05, 4.69) is 34.9 Å². The van der Waals surface area contributed by atoms with Gasteiger partial charge in [0.15, 0.2) is 0 Å². The number of hydrogen-bond acceptors (Lipinski definition) is 4. The zero-order valence-corrected chi connectivity index (χ0v) is 19.5. The third-order valence-corrected chi connectivity index (χ3v) is 6.72. The highest BCUT2D eigenvalue weighted by Crippen LogP contribution is 2.44. The molecule has 1 saturated carbocycles. The lowest BCUT2D eigenvalue weighted by Gasteiger charge is -2.18. The first-order valence-corrected chi connectivity index (χ1v) is 12.0. The van der Waals surface area contributed by atoms with E-state index in [1.807, 2.05) is 31.2 Å². The summed E-state index contributed by atoms with van der Waals surface area (Å²) in [7, 11) is 0. The maximum absolute atomic E-state index is 12.3. The van der Waals surface area contributed by atoms with Gasteiger partial charge >= 0.3 is 12.1 Å². The molecule has 0 aromatic heterocycles. The quantitative estimate of drug-likeness (QED) is 0.460. The highest BCUT2D eigenvalue weighted by atomic mass is 16.5. The number of nitrogens with one attached hydrogen (secondary N) is 2. The van der Waals surface area contributed by atoms with Gasteiger partial charge < -0.3 is 20.5 Å². The van der Waals surface area contributed by atoms with Gasteiger partial charge in [-0.15, -0.1) is 0 Å². The molecule has 34 heavy (non-hydrogen) atoms. The van der Waals surface area contributed by atoms with Gasteiger partial charge in [-0.3, -0.25) is 9.59 Å². The fourth-order valence-corrected chi connectivity index (χ4v) is 4.78. The van der Waals surface area contributed by atoms with E-state index in [9.17, 15) is 14.4 Å². The Kier molecular flexibility index (Phi) is 7.50. The average Bonchev–Trinajstić information content (AvgIpc) is 3.60. The molecule has 7 nitrogen and oxygen atoms in total. The molecule has 2 amide bonds. The van der Waals surface area contributed by atoms with Crippen LogP contribution in [-0.4, -0.2) is 42.3 Å². The van der Waals surface area contributed by atoms with Crippen molar-refractivity contribution in [3.05, 3.63) is 59.7 Å². The molecule has 1 fully saturated rings. The first-order chi connectivity index (χ1) is 16.4. The lowest BCUT2D eigenvalue weighted by Crippen LogP contribution is -2.38. The van der Waals surface area contributed by atoms with Crippen molar-refractivity contribution in [2.45, 2.75) is 51.0 Å². The van der Waals surface area contributed by atoms with Crippen LogP contribution in [0.15, 0.2) is 48.5 Å². The van der Waals surface area contributed by atoms with Gasteiger partial charge in [0.2, 0.25) is 5.91 Å². The van der Waals surface area contributed by atoms with Crippen LogP contribution in [0.4, 0.5) is 4.79 Å². The maximum Gasteiger partial charge on any atom is 0.407 e. The molecular formula is C27H32N2O5. The Morgan fingerprint density at radius 1 is 1.00 bits per heavy atom. The van der Waals surface area contributed by atoms with Crippen molar-refractivity contribution in [1.82, 2.24) is 10.6 Å². The van der Waals surface area contributed by atoms with Crippen LogP contribution in [0, 0.1) is 11.8 Å². The van der Waals surface area contributed by atoms with E-state index in [1.165, 1.54) is 22.3 Å². The van der Waals surface area contributed by atoms with Crippen LogP contribution in [0.5, 0.6) is 0 Å². The Morgan fingerprint density at radius 2 is 1.62 bits per heavy atom. The van der Waals surface area contributed by atoms with Crippen molar-refractivity contribution in [2.75, 3.05) is 13.2 Å². The number of carbonyl (C=O) groups excluding carboxylic acids is 2. The summed E-state index contributed by atoms with van der Waals surface area (Å²) >= 11 is 0. The summed E-state index contributed by atoms with van der Waals surface area (Å²) in [5, 5.41) is 14.7. The summed E-state index contributed by atoms with van der Waals surface area (Å²) in [6.07, 6.45) is 2.37. The minimum Gasteiger partial charge on any atom is -0.481 e. The molecule has 2 aromatic rings. The lowest BCUT2D eigenvalue weighted by molar-refractivity contribution is -0.137. The molecule has 0 aliphatic heterocycles. The van der Waals surface area contributed by atoms with Crippen molar-refractivity contribution in [2.24, 2.45) is 11.8 Å². The van der Waals surface area contributed by atoms with Crippen LogP contribution in [0.3, 0.4) is 0 Å². The number of aliphatic carboxylic acids is 1. The van der Waals surface area contributed by atoms with Crippen molar-refractivity contribution < 1.29 is 24.2 Å². The highest BCUT2D eigenvalue weighted by molar-refractivity contribution is 5.79. The van der Waals surface area contributed by atoms with E-state index in [-0.39, 0.29) is 42.7 Å². The molecule has 0 spiro atoms. The number of benzene rings is 2. The second-order valence-corrected chi connectivity index (χ2v) is 9.46. The van der Waals surface area contributed by atoms with E-state index in [1.54, 1.807) is 0 Å². The SMILES string of the molecule is CC(CCNC(=O)OCC1c2ccccc2-c2ccccc21)CC(=O)NC(CC(=O)O)C1CC1. The van der Waals surface area contributed by atoms with Gasteiger partial charge in [-0.05, 0) is 53.4 Å². The Morgan fingerprint density at radius 3 is 2.21 bits per heavy atom. The molecule has 0 bridgehead atoms. The average molecular weight is 465 g/mol. The largest absolute Gasteiger partial charge is 0.481 e. The van der Waals surface area contributed by atoms with Gasteiger partial charge in [-0.2, -0.15) is 0 Å². The predicted molar refractivity (Wildman–Crippen MR) is 128 cm³/mol. The zero-order chi connectivity index (χ0) is 24.1. The van der Waals surface area contributed by atoms with Crippen molar-refractivity contribution in [1.29, 1.82) is 0 Å². The highest BCUT2D eigenvalue weighted by Gasteiger charge is 2.34. The van der Waals surface area contributed by atoms with E-state index < -0.39 is 12.1 Å². The van der Waals surface area contributed by atoms with Crippen LogP contribution in [-0.2, 0) is 14.3 Å². The molecule has 2 aromatic carbocycles. The van der Waals surface area contributed by atoms with E-state index >= 15 is 0 Å². The Bertz CT molecular complexity index is 1000. The molecular weight excluding hydrogens is 432 g/mol. The topological polar surface area (TPSA) is 105 Å². The number of ether oxygens (including phenoxy) is 1. The van der Waals surface area contributed by atoms with Gasteiger partial charge in [0, 0.05) is 24.9 Å². The summed E-state index contributed by atoms with van der Waals surface area (Å²) in [6, 6.07) is 16.1. The molecule has 0 heterocycles. The van der Waals surface area contributed by atoms with Crippen molar-refractivity contribution in [3.8, 4) is 11.1 Å². The number of hydrogen-bond donors (Lipinski definition) is 3. The first kappa shape index (κ1) is 23.8. The summed E-state index contributed by atoms with van der Waals surface area (Å²) in [6.45, 7) is 2.62. The van der Waals surface area contributed by atoms with Crippen molar-refractivity contribution >= 4 is 18.0 Å². The molecule has 2 unspecified atom stereocenters. The molecule has 3 N–H and O–H groups in total. The molecule has 2 aliphatic carbocycles. The fourth-order valence-electron chi connectivity index (χ4n) is 4.78. The van der Waals surface area contributed by atoms with E-state index in [4.69, 9.17) is 9.84 Å². The minimum atomic E-state index is -0.891. The molecule has 4 rings (SSSR count). The molecule has 0 saturated heterocycles. The van der Waals surface area contributed by atoms with Crippen LogP contribution >= 0.6 is 0 Å². The fraction of sp³-hybridized carbons (Fsp3) is 0.444.